The minimum absolute atomic E-state index is 0.0666. The van der Waals surface area contributed by atoms with E-state index in [9.17, 15) is 9.59 Å². The maximum Gasteiger partial charge on any atom is 0.410 e. The van der Waals surface area contributed by atoms with Crippen LogP contribution in [0.4, 0.5) is 4.79 Å². The smallest absolute Gasteiger partial charge is 0.410 e. The molecule has 7 heteroatoms. The summed E-state index contributed by atoms with van der Waals surface area (Å²) in [6.45, 7) is 6.92. The molecule has 27 heavy (non-hydrogen) atoms. The Kier molecular flexibility index (Phi) is 5.48. The summed E-state index contributed by atoms with van der Waals surface area (Å²) >= 11 is 0. The fourth-order valence-corrected chi connectivity index (χ4v) is 3.31. The molecule has 0 radical (unpaired) electrons. The van der Waals surface area contributed by atoms with Crippen LogP contribution in [0.15, 0.2) is 24.3 Å². The molecular formula is C20H28N2O5. The first-order valence-electron chi connectivity index (χ1n) is 9.37. The van der Waals surface area contributed by atoms with Gasteiger partial charge < -0.3 is 24.0 Å². The molecule has 0 aromatic heterocycles. The Morgan fingerprint density at radius 2 is 1.78 bits per heavy atom. The normalized spacial score (nSPS) is 20.1. The lowest BCUT2D eigenvalue weighted by molar-refractivity contribution is -0.142. The molecule has 2 aliphatic heterocycles. The number of para-hydroxylation sites is 2. The predicted molar refractivity (Wildman–Crippen MR) is 100.0 cm³/mol. The van der Waals surface area contributed by atoms with Gasteiger partial charge in [0.2, 0.25) is 6.10 Å². The molecule has 1 aromatic carbocycles. The molecule has 2 heterocycles. The summed E-state index contributed by atoms with van der Waals surface area (Å²) in [6.07, 6.45) is 0.487. The van der Waals surface area contributed by atoms with Crippen molar-refractivity contribution in [2.75, 3.05) is 26.7 Å². The van der Waals surface area contributed by atoms with Crippen molar-refractivity contribution < 1.29 is 23.8 Å². The largest absolute Gasteiger partial charge is 0.485 e. The number of rotatable bonds is 2. The topological polar surface area (TPSA) is 68.3 Å². The summed E-state index contributed by atoms with van der Waals surface area (Å²) in [5, 5.41) is 0. The molecule has 2 aliphatic rings. The summed E-state index contributed by atoms with van der Waals surface area (Å²) in [6, 6.07) is 7.41. The van der Waals surface area contributed by atoms with Crippen LogP contribution in [0.3, 0.4) is 0 Å². The third-order valence-corrected chi connectivity index (χ3v) is 4.80. The number of likely N-dealkylation sites (N-methyl/N-ethyl adjacent to an activating group) is 1. The molecule has 0 unspecified atom stereocenters. The highest BCUT2D eigenvalue weighted by molar-refractivity contribution is 5.82. The fourth-order valence-electron chi connectivity index (χ4n) is 3.31. The van der Waals surface area contributed by atoms with Crippen molar-refractivity contribution in [2.24, 2.45) is 0 Å². The van der Waals surface area contributed by atoms with Crippen molar-refractivity contribution in [1.29, 1.82) is 0 Å². The van der Waals surface area contributed by atoms with Crippen LogP contribution in [0, 0.1) is 0 Å². The lowest BCUT2D eigenvalue weighted by Crippen LogP contribution is -2.52. The number of piperidine rings is 1. The molecular weight excluding hydrogens is 348 g/mol. The third-order valence-electron chi connectivity index (χ3n) is 4.80. The van der Waals surface area contributed by atoms with Gasteiger partial charge in [0.25, 0.3) is 5.91 Å². The van der Waals surface area contributed by atoms with E-state index < -0.39 is 11.7 Å². The first-order valence-corrected chi connectivity index (χ1v) is 9.37. The second-order valence-electron chi connectivity index (χ2n) is 8.01. The van der Waals surface area contributed by atoms with Crippen LogP contribution in [0.2, 0.25) is 0 Å². The Morgan fingerprint density at radius 3 is 2.41 bits per heavy atom. The lowest BCUT2D eigenvalue weighted by Gasteiger charge is -2.38. The van der Waals surface area contributed by atoms with E-state index in [1.54, 1.807) is 22.9 Å². The molecule has 0 aliphatic carbocycles. The molecule has 1 aromatic rings. The molecule has 0 bridgehead atoms. The third kappa shape index (κ3) is 4.64. The Balaban J connectivity index is 1.53. The molecule has 0 spiro atoms. The number of carbonyl (C=O) groups is 2. The summed E-state index contributed by atoms with van der Waals surface area (Å²) in [5.41, 5.74) is -0.505. The first kappa shape index (κ1) is 19.3. The Morgan fingerprint density at radius 1 is 1.15 bits per heavy atom. The first-order chi connectivity index (χ1) is 12.7. The van der Waals surface area contributed by atoms with Crippen LogP contribution in [0.1, 0.15) is 33.6 Å². The van der Waals surface area contributed by atoms with E-state index in [4.69, 9.17) is 14.2 Å². The number of fused-ring (bicyclic) bond motifs is 1. The number of carbonyl (C=O) groups excluding carboxylic acids is 2. The number of amides is 2. The Labute approximate surface area is 160 Å². The molecule has 0 saturated carbocycles. The molecule has 1 atom stereocenters. The van der Waals surface area contributed by atoms with E-state index in [2.05, 4.69) is 0 Å². The molecule has 1 saturated heterocycles. The average Bonchev–Trinajstić information content (AvgIpc) is 2.65. The highest BCUT2D eigenvalue weighted by Gasteiger charge is 2.35. The second kappa shape index (κ2) is 7.66. The van der Waals surface area contributed by atoms with Crippen LogP contribution in [-0.2, 0) is 9.53 Å². The second-order valence-corrected chi connectivity index (χ2v) is 8.01. The van der Waals surface area contributed by atoms with E-state index >= 15 is 0 Å². The minimum Gasteiger partial charge on any atom is -0.485 e. The van der Waals surface area contributed by atoms with Gasteiger partial charge in [0, 0.05) is 26.2 Å². The number of likely N-dealkylation sites (tertiary alicyclic amines) is 1. The van der Waals surface area contributed by atoms with Gasteiger partial charge in [-0.2, -0.15) is 0 Å². The van der Waals surface area contributed by atoms with E-state index in [0.717, 1.165) is 0 Å². The standard InChI is InChI=1S/C20H28N2O5/c1-20(2,3)27-19(24)22-11-9-14(10-12-22)21(4)18(23)17-13-25-15-7-5-6-8-16(15)26-17/h5-8,14,17H,9-13H2,1-4H3/t17-/m0/s1. The molecule has 2 amide bonds. The van der Waals surface area contributed by atoms with Crippen LogP contribution in [0.25, 0.3) is 0 Å². The van der Waals surface area contributed by atoms with Gasteiger partial charge in [-0.25, -0.2) is 4.79 Å². The summed E-state index contributed by atoms with van der Waals surface area (Å²) in [4.78, 5) is 28.4. The van der Waals surface area contributed by atoms with Gasteiger partial charge in [0.15, 0.2) is 11.5 Å². The van der Waals surface area contributed by atoms with Gasteiger partial charge in [-0.15, -0.1) is 0 Å². The summed E-state index contributed by atoms with van der Waals surface area (Å²) in [5.74, 6) is 1.16. The average molecular weight is 376 g/mol. The van der Waals surface area contributed by atoms with Gasteiger partial charge in [-0.3, -0.25) is 4.79 Å². The van der Waals surface area contributed by atoms with Gasteiger partial charge in [0.1, 0.15) is 12.2 Å². The van der Waals surface area contributed by atoms with E-state index in [1.807, 2.05) is 39.0 Å². The van der Waals surface area contributed by atoms with Crippen LogP contribution in [0.5, 0.6) is 11.5 Å². The summed E-state index contributed by atoms with van der Waals surface area (Å²) in [7, 11) is 1.79. The van der Waals surface area contributed by atoms with Crippen molar-refractivity contribution in [1.82, 2.24) is 9.80 Å². The van der Waals surface area contributed by atoms with Crippen molar-refractivity contribution in [3.63, 3.8) is 0 Å². The molecule has 0 N–H and O–H groups in total. The van der Waals surface area contributed by atoms with Gasteiger partial charge >= 0.3 is 6.09 Å². The highest BCUT2D eigenvalue weighted by atomic mass is 16.6. The maximum atomic E-state index is 12.8. The maximum absolute atomic E-state index is 12.8. The fraction of sp³-hybridized carbons (Fsp3) is 0.600. The number of hydrogen-bond acceptors (Lipinski definition) is 5. The van der Waals surface area contributed by atoms with Crippen LogP contribution in [-0.4, -0.2) is 66.3 Å². The highest BCUT2D eigenvalue weighted by Crippen LogP contribution is 2.31. The minimum atomic E-state index is -0.645. The Bertz CT molecular complexity index is 692. The zero-order chi connectivity index (χ0) is 19.6. The zero-order valence-corrected chi connectivity index (χ0v) is 16.4. The number of benzene rings is 1. The van der Waals surface area contributed by atoms with Crippen LogP contribution >= 0.6 is 0 Å². The number of nitrogens with zero attached hydrogens (tertiary/aromatic N) is 2. The molecule has 1 fully saturated rings. The van der Waals surface area contributed by atoms with Gasteiger partial charge in [-0.05, 0) is 45.7 Å². The quantitative estimate of drug-likeness (QED) is 0.794. The van der Waals surface area contributed by atoms with Gasteiger partial charge in [-0.1, -0.05) is 12.1 Å². The SMILES string of the molecule is CN(C(=O)[C@@H]1COc2ccccc2O1)C1CCN(C(=O)OC(C)(C)C)CC1. The zero-order valence-electron chi connectivity index (χ0n) is 16.4. The van der Waals surface area contributed by atoms with Gasteiger partial charge in [0.05, 0.1) is 0 Å². The van der Waals surface area contributed by atoms with Crippen molar-refractivity contribution in [3.8, 4) is 11.5 Å². The Hall–Kier alpha value is -2.44. The molecule has 148 valence electrons. The predicted octanol–water partition coefficient (Wildman–Crippen LogP) is 2.68. The molecule has 3 rings (SSSR count). The lowest BCUT2D eigenvalue weighted by atomic mass is 10.0. The monoisotopic (exact) mass is 376 g/mol. The summed E-state index contributed by atoms with van der Waals surface area (Å²) < 4.78 is 16.9. The van der Waals surface area contributed by atoms with E-state index in [0.29, 0.717) is 37.4 Å². The van der Waals surface area contributed by atoms with Crippen molar-refractivity contribution >= 4 is 12.0 Å². The van der Waals surface area contributed by atoms with Crippen molar-refractivity contribution in [2.45, 2.75) is 51.4 Å². The van der Waals surface area contributed by atoms with Crippen molar-refractivity contribution in [3.05, 3.63) is 24.3 Å². The molecule has 7 nitrogen and oxygen atoms in total. The van der Waals surface area contributed by atoms with Crippen LogP contribution < -0.4 is 9.47 Å². The number of hydrogen-bond donors (Lipinski definition) is 0. The van der Waals surface area contributed by atoms with E-state index in [-0.39, 0.29) is 24.6 Å². The van der Waals surface area contributed by atoms with E-state index in [1.165, 1.54) is 0 Å². The number of ether oxygens (including phenoxy) is 3.